The highest BCUT2D eigenvalue weighted by Crippen LogP contribution is 1.88. The fourth-order valence-electron chi connectivity index (χ4n) is 0.286. The number of nitrogens with one attached hydrogen (secondary N) is 2. The van der Waals surface area contributed by atoms with E-state index >= 15 is 0 Å². The Bertz CT molecular complexity index is 110. The summed E-state index contributed by atoms with van der Waals surface area (Å²) in [4.78, 5) is 0. The standard InChI is InChI=1S/C6H12N2O/c1-6(9-3)4-5-8-7-2/h4-5,7-8H,1H2,2-3H3/b5-4-. The molecule has 0 saturated carbocycles. The van der Waals surface area contributed by atoms with E-state index in [1.165, 1.54) is 0 Å². The van der Waals surface area contributed by atoms with Crippen molar-refractivity contribution in [1.29, 1.82) is 0 Å². The van der Waals surface area contributed by atoms with E-state index in [1.54, 1.807) is 26.4 Å². The predicted molar refractivity (Wildman–Crippen MR) is 37.5 cm³/mol. The van der Waals surface area contributed by atoms with Crippen molar-refractivity contribution in [2.75, 3.05) is 14.2 Å². The SMILES string of the molecule is C=C(/C=C\NNC)OC. The molecule has 0 unspecified atom stereocenters. The normalized spacial score (nSPS) is 9.56. The third-order valence-corrected chi connectivity index (χ3v) is 0.759. The number of hydrogen-bond acceptors (Lipinski definition) is 3. The van der Waals surface area contributed by atoms with Crippen molar-refractivity contribution in [2.24, 2.45) is 0 Å². The fourth-order valence-corrected chi connectivity index (χ4v) is 0.286. The molecule has 0 aliphatic carbocycles. The summed E-state index contributed by atoms with van der Waals surface area (Å²) in [5, 5.41) is 0. The summed E-state index contributed by atoms with van der Waals surface area (Å²) in [6, 6.07) is 0. The Morgan fingerprint density at radius 3 is 2.78 bits per heavy atom. The lowest BCUT2D eigenvalue weighted by molar-refractivity contribution is 0.308. The van der Waals surface area contributed by atoms with Crippen LogP contribution < -0.4 is 10.9 Å². The average Bonchev–Trinajstić information content (AvgIpc) is 1.89. The van der Waals surface area contributed by atoms with Gasteiger partial charge in [0.25, 0.3) is 0 Å². The van der Waals surface area contributed by atoms with Crippen LogP contribution in [0.5, 0.6) is 0 Å². The fraction of sp³-hybridized carbons (Fsp3) is 0.333. The van der Waals surface area contributed by atoms with Crippen LogP contribution in [0, 0.1) is 0 Å². The Kier molecular flexibility index (Phi) is 4.63. The molecule has 2 N–H and O–H groups in total. The highest BCUT2D eigenvalue weighted by Gasteiger charge is 1.77. The molecule has 3 heteroatoms. The van der Waals surface area contributed by atoms with E-state index in [-0.39, 0.29) is 0 Å². The van der Waals surface area contributed by atoms with Gasteiger partial charge in [-0.1, -0.05) is 6.58 Å². The van der Waals surface area contributed by atoms with Crippen LogP contribution in [0.2, 0.25) is 0 Å². The van der Waals surface area contributed by atoms with Crippen LogP contribution in [0.15, 0.2) is 24.6 Å². The number of rotatable bonds is 4. The van der Waals surface area contributed by atoms with Crippen LogP contribution in [0.1, 0.15) is 0 Å². The molecule has 9 heavy (non-hydrogen) atoms. The van der Waals surface area contributed by atoms with E-state index in [2.05, 4.69) is 17.4 Å². The summed E-state index contributed by atoms with van der Waals surface area (Å²) in [5.41, 5.74) is 5.46. The van der Waals surface area contributed by atoms with Crippen LogP contribution in [-0.2, 0) is 4.74 Å². The summed E-state index contributed by atoms with van der Waals surface area (Å²) in [6.45, 7) is 3.57. The van der Waals surface area contributed by atoms with Crippen molar-refractivity contribution in [1.82, 2.24) is 10.9 Å². The number of ether oxygens (including phenoxy) is 1. The molecule has 0 rings (SSSR count). The van der Waals surface area contributed by atoms with E-state index < -0.39 is 0 Å². The van der Waals surface area contributed by atoms with Gasteiger partial charge in [0.1, 0.15) is 5.76 Å². The molecule has 0 aromatic carbocycles. The molecule has 0 bridgehead atoms. The van der Waals surface area contributed by atoms with E-state index in [0.717, 1.165) is 0 Å². The molecular formula is C6H12N2O. The zero-order valence-electron chi connectivity index (χ0n) is 5.77. The first-order chi connectivity index (χ1) is 4.31. The summed E-state index contributed by atoms with van der Waals surface area (Å²) in [6.07, 6.45) is 3.42. The van der Waals surface area contributed by atoms with Gasteiger partial charge in [-0.25, -0.2) is 5.43 Å². The summed E-state index contributed by atoms with van der Waals surface area (Å²) in [5.74, 6) is 0.623. The van der Waals surface area contributed by atoms with Crippen molar-refractivity contribution in [2.45, 2.75) is 0 Å². The van der Waals surface area contributed by atoms with E-state index in [4.69, 9.17) is 4.74 Å². The molecular weight excluding hydrogens is 116 g/mol. The molecule has 0 atom stereocenters. The second-order valence-electron chi connectivity index (χ2n) is 1.40. The summed E-state index contributed by atoms with van der Waals surface area (Å²) < 4.78 is 4.75. The molecule has 0 heterocycles. The van der Waals surface area contributed by atoms with E-state index in [0.29, 0.717) is 5.76 Å². The maximum Gasteiger partial charge on any atom is 0.113 e. The third-order valence-electron chi connectivity index (χ3n) is 0.759. The minimum absolute atomic E-state index is 0.623. The van der Waals surface area contributed by atoms with Gasteiger partial charge in [-0.15, -0.1) is 0 Å². The topological polar surface area (TPSA) is 33.3 Å². The van der Waals surface area contributed by atoms with Gasteiger partial charge in [-0.2, -0.15) is 0 Å². The molecule has 0 spiro atoms. The van der Waals surface area contributed by atoms with Crippen molar-refractivity contribution in [3.05, 3.63) is 24.6 Å². The van der Waals surface area contributed by atoms with Crippen molar-refractivity contribution in [3.8, 4) is 0 Å². The van der Waals surface area contributed by atoms with Gasteiger partial charge in [0.05, 0.1) is 7.11 Å². The number of hydrazine groups is 1. The number of methoxy groups -OCH3 is 1. The van der Waals surface area contributed by atoms with Crippen molar-refractivity contribution >= 4 is 0 Å². The lowest BCUT2D eigenvalue weighted by Gasteiger charge is -1.96. The Morgan fingerprint density at radius 2 is 2.33 bits per heavy atom. The van der Waals surface area contributed by atoms with Gasteiger partial charge in [0.15, 0.2) is 0 Å². The summed E-state index contributed by atoms with van der Waals surface area (Å²) >= 11 is 0. The van der Waals surface area contributed by atoms with Crippen LogP contribution in [0.3, 0.4) is 0 Å². The Hall–Kier alpha value is -0.960. The van der Waals surface area contributed by atoms with Crippen molar-refractivity contribution < 1.29 is 4.74 Å². The van der Waals surface area contributed by atoms with Crippen LogP contribution in [0.25, 0.3) is 0 Å². The molecule has 0 fully saturated rings. The van der Waals surface area contributed by atoms with Gasteiger partial charge in [-0.05, 0) is 6.08 Å². The molecule has 0 amide bonds. The molecule has 0 aromatic rings. The molecule has 0 aliphatic heterocycles. The Labute approximate surface area is 55.4 Å². The molecule has 3 nitrogen and oxygen atoms in total. The zero-order chi connectivity index (χ0) is 7.11. The number of allylic oxidation sites excluding steroid dienone is 1. The van der Waals surface area contributed by atoms with Crippen LogP contribution >= 0.6 is 0 Å². The third kappa shape index (κ3) is 4.90. The van der Waals surface area contributed by atoms with Crippen LogP contribution in [0.4, 0.5) is 0 Å². The second kappa shape index (κ2) is 5.18. The van der Waals surface area contributed by atoms with E-state index in [1.807, 2.05) is 0 Å². The minimum Gasteiger partial charge on any atom is -0.497 e. The lowest BCUT2D eigenvalue weighted by Crippen LogP contribution is -2.20. The first-order valence-electron chi connectivity index (χ1n) is 2.63. The molecule has 0 radical (unpaired) electrons. The Balaban J connectivity index is 3.32. The van der Waals surface area contributed by atoms with Gasteiger partial charge < -0.3 is 10.2 Å². The zero-order valence-corrected chi connectivity index (χ0v) is 5.77. The van der Waals surface area contributed by atoms with Gasteiger partial charge >= 0.3 is 0 Å². The van der Waals surface area contributed by atoms with Crippen molar-refractivity contribution in [3.63, 3.8) is 0 Å². The predicted octanol–water partition coefficient (Wildman–Crippen LogP) is 0.384. The van der Waals surface area contributed by atoms with Gasteiger partial charge in [-0.3, -0.25) is 0 Å². The molecule has 0 saturated heterocycles. The van der Waals surface area contributed by atoms with Gasteiger partial charge in [0.2, 0.25) is 0 Å². The first-order valence-corrected chi connectivity index (χ1v) is 2.63. The largest absolute Gasteiger partial charge is 0.497 e. The maximum atomic E-state index is 4.75. The monoisotopic (exact) mass is 128 g/mol. The minimum atomic E-state index is 0.623. The number of hydrogen-bond donors (Lipinski definition) is 2. The maximum absolute atomic E-state index is 4.75. The average molecular weight is 128 g/mol. The molecule has 52 valence electrons. The Morgan fingerprint density at radius 1 is 1.67 bits per heavy atom. The lowest BCUT2D eigenvalue weighted by atomic mass is 10.5. The van der Waals surface area contributed by atoms with E-state index in [9.17, 15) is 0 Å². The summed E-state index contributed by atoms with van der Waals surface area (Å²) in [7, 11) is 3.35. The quantitative estimate of drug-likeness (QED) is 0.326. The molecule has 0 aliphatic rings. The van der Waals surface area contributed by atoms with Crippen LogP contribution in [-0.4, -0.2) is 14.2 Å². The second-order valence-corrected chi connectivity index (χ2v) is 1.40. The highest BCUT2D eigenvalue weighted by molar-refractivity contribution is 5.05. The highest BCUT2D eigenvalue weighted by atomic mass is 16.5. The first kappa shape index (κ1) is 8.04. The van der Waals surface area contributed by atoms with Gasteiger partial charge in [0, 0.05) is 13.2 Å². The smallest absolute Gasteiger partial charge is 0.113 e. The molecule has 0 aromatic heterocycles.